The first-order chi connectivity index (χ1) is 14.0. The van der Waals surface area contributed by atoms with Gasteiger partial charge in [0.05, 0.1) is 21.3 Å². The Morgan fingerprint density at radius 2 is 1.59 bits per heavy atom. The maximum absolute atomic E-state index is 13.0. The van der Waals surface area contributed by atoms with Gasteiger partial charge in [-0.05, 0) is 30.3 Å². The van der Waals surface area contributed by atoms with E-state index in [4.69, 9.17) is 14.2 Å². The highest BCUT2D eigenvalue weighted by atomic mass is 19.1. The molecule has 150 valence electrons. The number of ether oxygens (including phenoxy) is 3. The van der Waals surface area contributed by atoms with E-state index < -0.39 is 5.91 Å². The number of carbonyl (C=O) groups is 1. The summed E-state index contributed by atoms with van der Waals surface area (Å²) in [6.07, 6.45) is 1.45. The monoisotopic (exact) mass is 398 g/mol. The highest BCUT2D eigenvalue weighted by molar-refractivity contribution is 6.03. The summed E-state index contributed by atoms with van der Waals surface area (Å²) in [4.78, 5) is 20.7. The van der Waals surface area contributed by atoms with E-state index in [1.165, 1.54) is 57.9 Å². The van der Waals surface area contributed by atoms with E-state index >= 15 is 0 Å². The maximum atomic E-state index is 13.0. The molecule has 9 heteroatoms. The van der Waals surface area contributed by atoms with Crippen molar-refractivity contribution >= 4 is 23.2 Å². The second-order valence-electron chi connectivity index (χ2n) is 5.77. The number of anilines is 3. The number of nitrogens with one attached hydrogen (secondary N) is 2. The van der Waals surface area contributed by atoms with Crippen LogP contribution in [0.2, 0.25) is 0 Å². The van der Waals surface area contributed by atoms with Crippen molar-refractivity contribution in [1.29, 1.82) is 0 Å². The molecule has 8 nitrogen and oxygen atoms in total. The van der Waals surface area contributed by atoms with Crippen LogP contribution in [0.5, 0.6) is 17.2 Å². The Kier molecular flexibility index (Phi) is 6.08. The van der Waals surface area contributed by atoms with Crippen molar-refractivity contribution in [3.05, 3.63) is 60.2 Å². The van der Waals surface area contributed by atoms with Gasteiger partial charge in [-0.3, -0.25) is 4.79 Å². The number of halogens is 1. The molecule has 0 aliphatic rings. The maximum Gasteiger partial charge on any atom is 0.274 e. The number of rotatable bonds is 7. The topological polar surface area (TPSA) is 94.6 Å². The second kappa shape index (κ2) is 8.87. The molecule has 0 atom stereocenters. The third-order valence-corrected chi connectivity index (χ3v) is 3.91. The number of nitrogens with zero attached hydrogens (tertiary/aromatic N) is 2. The minimum Gasteiger partial charge on any atom is -0.493 e. The number of hydrogen-bond acceptors (Lipinski definition) is 7. The summed E-state index contributed by atoms with van der Waals surface area (Å²) < 4.78 is 28.9. The van der Waals surface area contributed by atoms with Gasteiger partial charge in [0, 0.05) is 29.7 Å². The predicted octanol–water partition coefficient (Wildman–Crippen LogP) is 3.64. The summed E-state index contributed by atoms with van der Waals surface area (Å²) in [6, 6.07) is 10.3. The summed E-state index contributed by atoms with van der Waals surface area (Å²) in [7, 11) is 4.54. The molecule has 2 aromatic carbocycles. The van der Waals surface area contributed by atoms with E-state index in [0.29, 0.717) is 28.6 Å². The first-order valence-corrected chi connectivity index (χ1v) is 8.51. The van der Waals surface area contributed by atoms with Crippen LogP contribution >= 0.6 is 0 Å². The molecule has 0 saturated carbocycles. The first kappa shape index (κ1) is 19.9. The molecule has 0 aliphatic carbocycles. The lowest BCUT2D eigenvalue weighted by molar-refractivity contribution is 0.102. The molecule has 0 unspecified atom stereocenters. The average molecular weight is 398 g/mol. The summed E-state index contributed by atoms with van der Waals surface area (Å²) in [6.45, 7) is 0. The van der Waals surface area contributed by atoms with Crippen LogP contribution in [0.25, 0.3) is 0 Å². The van der Waals surface area contributed by atoms with Crippen molar-refractivity contribution in [2.75, 3.05) is 32.0 Å². The molecule has 2 N–H and O–H groups in total. The molecule has 3 rings (SSSR count). The van der Waals surface area contributed by atoms with Crippen LogP contribution < -0.4 is 24.8 Å². The van der Waals surface area contributed by atoms with Gasteiger partial charge in [0.1, 0.15) is 11.5 Å². The van der Waals surface area contributed by atoms with Crippen molar-refractivity contribution in [2.24, 2.45) is 0 Å². The van der Waals surface area contributed by atoms with E-state index in [2.05, 4.69) is 20.6 Å². The molecule has 0 radical (unpaired) electrons. The minimum atomic E-state index is -0.452. The zero-order valence-corrected chi connectivity index (χ0v) is 16.0. The fourth-order valence-corrected chi connectivity index (χ4v) is 2.56. The number of amides is 1. The van der Waals surface area contributed by atoms with Gasteiger partial charge in [-0.1, -0.05) is 0 Å². The Labute approximate surface area is 166 Å². The molecule has 1 amide bonds. The van der Waals surface area contributed by atoms with Crippen molar-refractivity contribution in [1.82, 2.24) is 9.97 Å². The molecular weight excluding hydrogens is 379 g/mol. The Bertz CT molecular complexity index is 987. The molecular formula is C20H19FN4O4. The van der Waals surface area contributed by atoms with Crippen molar-refractivity contribution < 1.29 is 23.4 Å². The van der Waals surface area contributed by atoms with Crippen LogP contribution in [-0.4, -0.2) is 37.2 Å². The smallest absolute Gasteiger partial charge is 0.274 e. The zero-order chi connectivity index (χ0) is 20.8. The Hall–Kier alpha value is -3.88. The molecule has 1 aromatic heterocycles. The van der Waals surface area contributed by atoms with E-state index in [0.717, 1.165) is 0 Å². The Morgan fingerprint density at radius 3 is 2.17 bits per heavy atom. The van der Waals surface area contributed by atoms with E-state index in [-0.39, 0.29) is 17.5 Å². The molecule has 0 fully saturated rings. The molecule has 0 spiro atoms. The number of benzene rings is 2. The summed E-state index contributed by atoms with van der Waals surface area (Å²) in [5, 5.41) is 5.65. The molecule has 0 bridgehead atoms. The standard InChI is InChI=1S/C20H19FN4O4/c1-27-16-10-14(11-17(28-2)18(16)29-3)24-20-22-9-8-15(25-20)19(26)23-13-6-4-12(21)5-7-13/h4-11H,1-3H3,(H,23,26)(H,22,24,25). The van der Waals surface area contributed by atoms with Crippen molar-refractivity contribution in [3.63, 3.8) is 0 Å². The van der Waals surface area contributed by atoms with Gasteiger partial charge < -0.3 is 24.8 Å². The number of carbonyl (C=O) groups excluding carboxylic acids is 1. The largest absolute Gasteiger partial charge is 0.493 e. The molecule has 0 aliphatic heterocycles. The van der Waals surface area contributed by atoms with Gasteiger partial charge in [0.25, 0.3) is 5.91 Å². The van der Waals surface area contributed by atoms with E-state index in [1.807, 2.05) is 0 Å². The third kappa shape index (κ3) is 4.70. The fourth-order valence-electron chi connectivity index (χ4n) is 2.56. The second-order valence-corrected chi connectivity index (χ2v) is 5.77. The lowest BCUT2D eigenvalue weighted by Crippen LogP contribution is -2.14. The van der Waals surface area contributed by atoms with Crippen LogP contribution in [0.15, 0.2) is 48.7 Å². The third-order valence-electron chi connectivity index (χ3n) is 3.91. The molecule has 0 saturated heterocycles. The van der Waals surface area contributed by atoms with E-state index in [9.17, 15) is 9.18 Å². The van der Waals surface area contributed by atoms with Crippen molar-refractivity contribution in [3.8, 4) is 17.2 Å². The summed E-state index contributed by atoms with van der Waals surface area (Å²) >= 11 is 0. The van der Waals surface area contributed by atoms with Crippen LogP contribution in [0.3, 0.4) is 0 Å². The summed E-state index contributed by atoms with van der Waals surface area (Å²) in [5.41, 5.74) is 1.17. The van der Waals surface area contributed by atoms with Crippen LogP contribution in [0.1, 0.15) is 10.5 Å². The van der Waals surface area contributed by atoms with Gasteiger partial charge in [0.2, 0.25) is 11.7 Å². The van der Waals surface area contributed by atoms with Crippen LogP contribution in [-0.2, 0) is 0 Å². The quantitative estimate of drug-likeness (QED) is 0.627. The first-order valence-electron chi connectivity index (χ1n) is 8.51. The fraction of sp³-hybridized carbons (Fsp3) is 0.150. The predicted molar refractivity (Wildman–Crippen MR) is 106 cm³/mol. The average Bonchev–Trinajstić information content (AvgIpc) is 2.74. The SMILES string of the molecule is COc1cc(Nc2nccc(C(=O)Nc3ccc(F)cc3)n2)cc(OC)c1OC. The zero-order valence-electron chi connectivity index (χ0n) is 16.0. The minimum absolute atomic E-state index is 0.138. The highest BCUT2D eigenvalue weighted by Gasteiger charge is 2.15. The van der Waals surface area contributed by atoms with Gasteiger partial charge in [-0.2, -0.15) is 0 Å². The Morgan fingerprint density at radius 1 is 0.931 bits per heavy atom. The van der Waals surface area contributed by atoms with Gasteiger partial charge in [0.15, 0.2) is 11.5 Å². The van der Waals surface area contributed by atoms with Gasteiger partial charge in [-0.25, -0.2) is 14.4 Å². The Balaban J connectivity index is 1.81. The number of hydrogen-bond donors (Lipinski definition) is 2. The highest BCUT2D eigenvalue weighted by Crippen LogP contribution is 2.40. The number of methoxy groups -OCH3 is 3. The lowest BCUT2D eigenvalue weighted by Gasteiger charge is -2.14. The molecule has 29 heavy (non-hydrogen) atoms. The van der Waals surface area contributed by atoms with Crippen LogP contribution in [0, 0.1) is 5.82 Å². The van der Waals surface area contributed by atoms with Gasteiger partial charge >= 0.3 is 0 Å². The van der Waals surface area contributed by atoms with E-state index in [1.54, 1.807) is 12.1 Å². The van der Waals surface area contributed by atoms with Crippen LogP contribution in [0.4, 0.5) is 21.7 Å². The molecule has 1 heterocycles. The van der Waals surface area contributed by atoms with Crippen molar-refractivity contribution in [2.45, 2.75) is 0 Å². The normalized spacial score (nSPS) is 10.2. The summed E-state index contributed by atoms with van der Waals surface area (Å²) in [5.74, 6) is 0.729. The number of aromatic nitrogens is 2. The molecule has 3 aromatic rings. The lowest BCUT2D eigenvalue weighted by atomic mass is 10.2. The van der Waals surface area contributed by atoms with Gasteiger partial charge in [-0.15, -0.1) is 0 Å².